The number of carbonyl (C=O) groups is 1. The van der Waals surface area contributed by atoms with Gasteiger partial charge in [-0.3, -0.25) is 9.78 Å². The predicted octanol–water partition coefficient (Wildman–Crippen LogP) is 2.63. The van der Waals surface area contributed by atoms with E-state index in [9.17, 15) is 9.90 Å². The zero-order valence-electron chi connectivity index (χ0n) is 15.2. The number of amides is 1. The molecule has 142 valence electrons. The highest BCUT2D eigenvalue weighted by Crippen LogP contribution is 2.42. The van der Waals surface area contributed by atoms with Crippen molar-refractivity contribution in [2.75, 3.05) is 26.3 Å². The number of phenolic OH excluding ortho intramolecular Hbond substituents is 1. The first-order chi connectivity index (χ1) is 13.2. The molecule has 2 aliphatic rings. The van der Waals surface area contributed by atoms with Crippen LogP contribution in [0, 0.1) is 5.92 Å². The molecule has 2 aliphatic heterocycles. The molecule has 27 heavy (non-hydrogen) atoms. The lowest BCUT2D eigenvalue weighted by molar-refractivity contribution is -0.120. The van der Waals surface area contributed by atoms with Gasteiger partial charge in [-0.15, -0.1) is 0 Å². The molecular formula is C21H24N2O4. The SMILES string of the molecule is O=C(c1cccc(O)c1)N1CC2(C1)OCC[C@@H]2CCOCc1cccnc1. The average Bonchev–Trinajstić information content (AvgIpc) is 3.08. The van der Waals surface area contributed by atoms with Crippen LogP contribution in [0.25, 0.3) is 0 Å². The van der Waals surface area contributed by atoms with E-state index in [0.29, 0.717) is 37.8 Å². The number of benzene rings is 1. The lowest BCUT2D eigenvalue weighted by Gasteiger charge is -2.50. The van der Waals surface area contributed by atoms with Gasteiger partial charge in [-0.2, -0.15) is 0 Å². The molecule has 4 rings (SSSR count). The van der Waals surface area contributed by atoms with E-state index < -0.39 is 0 Å². The van der Waals surface area contributed by atoms with E-state index in [1.165, 1.54) is 6.07 Å². The van der Waals surface area contributed by atoms with E-state index in [0.717, 1.165) is 25.0 Å². The zero-order valence-corrected chi connectivity index (χ0v) is 15.2. The van der Waals surface area contributed by atoms with E-state index in [1.54, 1.807) is 29.3 Å². The first kappa shape index (κ1) is 17.9. The van der Waals surface area contributed by atoms with Crippen LogP contribution in [0.2, 0.25) is 0 Å². The summed E-state index contributed by atoms with van der Waals surface area (Å²) in [5.41, 5.74) is 1.35. The Morgan fingerprint density at radius 1 is 1.33 bits per heavy atom. The second-order valence-corrected chi connectivity index (χ2v) is 7.31. The minimum atomic E-state index is -0.232. The van der Waals surface area contributed by atoms with Crippen LogP contribution in [-0.2, 0) is 16.1 Å². The zero-order chi connectivity index (χ0) is 18.7. The van der Waals surface area contributed by atoms with Gasteiger partial charge in [0.1, 0.15) is 11.4 Å². The highest BCUT2D eigenvalue weighted by Gasteiger charge is 2.54. The van der Waals surface area contributed by atoms with E-state index >= 15 is 0 Å². The van der Waals surface area contributed by atoms with Gasteiger partial charge >= 0.3 is 0 Å². The third kappa shape index (κ3) is 3.82. The maximum Gasteiger partial charge on any atom is 0.254 e. The monoisotopic (exact) mass is 368 g/mol. The van der Waals surface area contributed by atoms with Crippen molar-refractivity contribution < 1.29 is 19.4 Å². The summed E-state index contributed by atoms with van der Waals surface area (Å²) in [5, 5.41) is 9.57. The van der Waals surface area contributed by atoms with Crippen LogP contribution in [0.4, 0.5) is 0 Å². The molecule has 1 atom stereocenters. The van der Waals surface area contributed by atoms with E-state index in [-0.39, 0.29) is 17.3 Å². The number of hydrogen-bond donors (Lipinski definition) is 1. The van der Waals surface area contributed by atoms with Crippen LogP contribution in [0.5, 0.6) is 5.75 Å². The van der Waals surface area contributed by atoms with Gasteiger partial charge in [-0.05, 0) is 48.6 Å². The summed E-state index contributed by atoms with van der Waals surface area (Å²) >= 11 is 0. The molecule has 0 bridgehead atoms. The molecule has 2 aromatic rings. The van der Waals surface area contributed by atoms with Crippen LogP contribution in [0.15, 0.2) is 48.8 Å². The fourth-order valence-electron chi connectivity index (χ4n) is 4.01. The van der Waals surface area contributed by atoms with Gasteiger partial charge in [0.2, 0.25) is 0 Å². The Hall–Kier alpha value is -2.44. The number of carbonyl (C=O) groups excluding carboxylic acids is 1. The van der Waals surface area contributed by atoms with Gasteiger partial charge < -0.3 is 19.5 Å². The quantitative estimate of drug-likeness (QED) is 0.794. The molecule has 1 amide bonds. The molecular weight excluding hydrogens is 344 g/mol. The molecule has 1 aromatic carbocycles. The molecule has 1 N–H and O–H groups in total. The molecule has 6 heteroatoms. The smallest absolute Gasteiger partial charge is 0.254 e. The van der Waals surface area contributed by atoms with Crippen molar-refractivity contribution in [2.24, 2.45) is 5.92 Å². The normalized spacial score (nSPS) is 20.6. The standard InChI is InChI=1S/C21H24N2O4/c24-19-5-1-4-17(11-19)20(25)23-14-21(15-23)18(7-10-27-21)6-9-26-13-16-3-2-8-22-12-16/h1-5,8,11-12,18,24H,6-7,9-10,13-15H2/t18-/m0/s1. The fraction of sp³-hybridized carbons (Fsp3) is 0.429. The molecule has 2 saturated heterocycles. The summed E-state index contributed by atoms with van der Waals surface area (Å²) in [4.78, 5) is 18.5. The number of pyridine rings is 1. The Morgan fingerprint density at radius 2 is 2.22 bits per heavy atom. The predicted molar refractivity (Wildman–Crippen MR) is 99.3 cm³/mol. The summed E-state index contributed by atoms with van der Waals surface area (Å²) < 4.78 is 11.8. The van der Waals surface area contributed by atoms with Crippen molar-refractivity contribution in [1.29, 1.82) is 0 Å². The summed E-state index contributed by atoms with van der Waals surface area (Å²) in [7, 11) is 0. The van der Waals surface area contributed by atoms with Crippen molar-refractivity contribution in [3.8, 4) is 5.75 Å². The first-order valence-electron chi connectivity index (χ1n) is 9.35. The van der Waals surface area contributed by atoms with Crippen molar-refractivity contribution in [3.63, 3.8) is 0 Å². The number of phenols is 1. The van der Waals surface area contributed by atoms with Gasteiger partial charge in [0.15, 0.2) is 0 Å². The third-order valence-electron chi connectivity index (χ3n) is 5.50. The van der Waals surface area contributed by atoms with Crippen LogP contribution in [0.1, 0.15) is 28.8 Å². The molecule has 3 heterocycles. The lowest BCUT2D eigenvalue weighted by atomic mass is 9.79. The number of rotatable bonds is 6. The van der Waals surface area contributed by atoms with Gasteiger partial charge in [-0.1, -0.05) is 12.1 Å². The Bertz CT molecular complexity index is 790. The Kier molecular flexibility index (Phi) is 5.09. The summed E-state index contributed by atoms with van der Waals surface area (Å²) in [5.74, 6) is 0.454. The molecule has 2 fully saturated rings. The second kappa shape index (κ2) is 7.66. The minimum Gasteiger partial charge on any atom is -0.508 e. The first-order valence-corrected chi connectivity index (χ1v) is 9.35. The van der Waals surface area contributed by atoms with Crippen molar-refractivity contribution >= 4 is 5.91 Å². The average molecular weight is 368 g/mol. The molecule has 1 spiro atoms. The number of aromatic hydroxyl groups is 1. The minimum absolute atomic E-state index is 0.0568. The number of nitrogens with zero attached hydrogens (tertiary/aromatic N) is 2. The number of ether oxygens (including phenoxy) is 2. The maximum absolute atomic E-state index is 12.6. The number of hydrogen-bond acceptors (Lipinski definition) is 5. The molecule has 0 radical (unpaired) electrons. The third-order valence-corrected chi connectivity index (χ3v) is 5.50. The van der Waals surface area contributed by atoms with Crippen molar-refractivity contribution in [1.82, 2.24) is 9.88 Å². The molecule has 1 aromatic heterocycles. The summed E-state index contributed by atoms with van der Waals surface area (Å²) in [6.07, 6.45) is 5.50. The van der Waals surface area contributed by atoms with Crippen molar-refractivity contribution in [2.45, 2.75) is 25.0 Å². The van der Waals surface area contributed by atoms with Crippen LogP contribution in [-0.4, -0.2) is 52.8 Å². The summed E-state index contributed by atoms with van der Waals surface area (Å²) in [6, 6.07) is 10.4. The van der Waals surface area contributed by atoms with E-state index in [4.69, 9.17) is 9.47 Å². The van der Waals surface area contributed by atoms with Crippen LogP contribution in [0.3, 0.4) is 0 Å². The second-order valence-electron chi connectivity index (χ2n) is 7.31. The highest BCUT2D eigenvalue weighted by molar-refractivity contribution is 5.95. The number of likely N-dealkylation sites (tertiary alicyclic amines) is 1. The number of aromatic nitrogens is 1. The molecule has 0 unspecified atom stereocenters. The topological polar surface area (TPSA) is 71.9 Å². The molecule has 0 saturated carbocycles. The van der Waals surface area contributed by atoms with Gasteiger partial charge in [-0.25, -0.2) is 0 Å². The maximum atomic E-state index is 12.6. The van der Waals surface area contributed by atoms with E-state index in [2.05, 4.69) is 4.98 Å². The fourth-order valence-corrected chi connectivity index (χ4v) is 4.01. The highest BCUT2D eigenvalue weighted by atomic mass is 16.5. The Labute approximate surface area is 158 Å². The van der Waals surface area contributed by atoms with Crippen LogP contribution >= 0.6 is 0 Å². The van der Waals surface area contributed by atoms with Crippen molar-refractivity contribution in [3.05, 3.63) is 59.9 Å². The van der Waals surface area contributed by atoms with E-state index in [1.807, 2.05) is 18.3 Å². The Balaban J connectivity index is 1.27. The summed E-state index contributed by atoms with van der Waals surface area (Å²) in [6.45, 7) is 3.19. The van der Waals surface area contributed by atoms with Gasteiger partial charge in [0.05, 0.1) is 19.7 Å². The van der Waals surface area contributed by atoms with Gasteiger partial charge in [0, 0.05) is 31.2 Å². The molecule has 0 aliphatic carbocycles. The van der Waals surface area contributed by atoms with Gasteiger partial charge in [0.25, 0.3) is 5.91 Å². The Morgan fingerprint density at radius 3 is 3.00 bits per heavy atom. The molecule has 6 nitrogen and oxygen atoms in total. The lowest BCUT2D eigenvalue weighted by Crippen LogP contribution is -2.66. The van der Waals surface area contributed by atoms with Crippen LogP contribution < -0.4 is 0 Å². The largest absolute Gasteiger partial charge is 0.508 e.